The minimum Gasteiger partial charge on any atom is -0.495 e. The van der Waals surface area contributed by atoms with Crippen LogP contribution in [-0.4, -0.2) is 32.7 Å². The molecule has 7 nitrogen and oxygen atoms in total. The summed E-state index contributed by atoms with van der Waals surface area (Å²) in [6.07, 6.45) is 11.8. The van der Waals surface area contributed by atoms with Gasteiger partial charge < -0.3 is 15.0 Å². The van der Waals surface area contributed by atoms with Gasteiger partial charge in [-0.3, -0.25) is 4.57 Å². The lowest BCUT2D eigenvalue weighted by molar-refractivity contribution is 0.416. The number of hydrogen-bond donors (Lipinski definition) is 1. The van der Waals surface area contributed by atoms with Crippen LogP contribution in [0.2, 0.25) is 0 Å². The van der Waals surface area contributed by atoms with Crippen LogP contribution in [0.3, 0.4) is 0 Å². The molecule has 7 heteroatoms. The van der Waals surface area contributed by atoms with Crippen molar-refractivity contribution in [2.45, 2.75) is 58.0 Å². The van der Waals surface area contributed by atoms with Crippen LogP contribution in [-0.2, 0) is 0 Å². The van der Waals surface area contributed by atoms with Gasteiger partial charge in [0.15, 0.2) is 5.82 Å². The molecule has 3 heterocycles. The first-order valence-corrected chi connectivity index (χ1v) is 10.8. The van der Waals surface area contributed by atoms with E-state index in [4.69, 9.17) is 9.72 Å². The Labute approximate surface area is 177 Å². The van der Waals surface area contributed by atoms with Crippen molar-refractivity contribution in [2.24, 2.45) is 0 Å². The van der Waals surface area contributed by atoms with E-state index in [-0.39, 0.29) is 6.04 Å². The van der Waals surface area contributed by atoms with Gasteiger partial charge in [-0.15, -0.1) is 0 Å². The van der Waals surface area contributed by atoms with E-state index in [0.717, 1.165) is 34.9 Å². The number of rotatable bonds is 5. The summed E-state index contributed by atoms with van der Waals surface area (Å²) >= 11 is 0. The van der Waals surface area contributed by atoms with Crippen molar-refractivity contribution < 1.29 is 4.74 Å². The molecule has 1 aliphatic heterocycles. The van der Waals surface area contributed by atoms with Crippen molar-refractivity contribution >= 4 is 17.5 Å². The topological polar surface area (TPSA) is 68.1 Å². The Morgan fingerprint density at radius 1 is 1.20 bits per heavy atom. The molecule has 1 unspecified atom stereocenters. The van der Waals surface area contributed by atoms with Crippen LogP contribution < -0.4 is 15.0 Å². The SMILES string of the molecule is CCC1c2cncn2-c2cnc(Nc3ccc(C)cc3OC)nc2N1C1CCCC1. The van der Waals surface area contributed by atoms with E-state index >= 15 is 0 Å². The lowest BCUT2D eigenvalue weighted by Gasteiger charge is -2.41. The number of nitrogens with zero attached hydrogens (tertiary/aromatic N) is 5. The summed E-state index contributed by atoms with van der Waals surface area (Å²) in [6, 6.07) is 6.86. The molecule has 3 aromatic rings. The largest absolute Gasteiger partial charge is 0.495 e. The highest BCUT2D eigenvalue weighted by Gasteiger charge is 2.37. The molecule has 0 saturated heterocycles. The number of hydrogen-bond acceptors (Lipinski definition) is 6. The second kappa shape index (κ2) is 7.63. The van der Waals surface area contributed by atoms with Crippen LogP contribution in [0.5, 0.6) is 5.75 Å². The van der Waals surface area contributed by atoms with E-state index in [1.807, 2.05) is 30.9 Å². The van der Waals surface area contributed by atoms with Crippen molar-refractivity contribution in [3.8, 4) is 11.4 Å². The third-order valence-electron chi connectivity index (χ3n) is 6.31. The van der Waals surface area contributed by atoms with Crippen molar-refractivity contribution in [3.05, 3.63) is 48.2 Å². The monoisotopic (exact) mass is 404 g/mol. The molecular formula is C23H28N6O. The lowest BCUT2D eigenvalue weighted by Crippen LogP contribution is -2.41. The van der Waals surface area contributed by atoms with Gasteiger partial charge in [-0.2, -0.15) is 4.98 Å². The number of ether oxygens (including phenoxy) is 1. The maximum Gasteiger partial charge on any atom is 0.229 e. The van der Waals surface area contributed by atoms with E-state index in [0.29, 0.717) is 12.0 Å². The molecule has 2 aromatic heterocycles. The molecule has 1 saturated carbocycles. The molecule has 1 aliphatic carbocycles. The minimum atomic E-state index is 0.278. The fourth-order valence-electron chi connectivity index (χ4n) is 4.87. The summed E-state index contributed by atoms with van der Waals surface area (Å²) < 4.78 is 7.69. The summed E-state index contributed by atoms with van der Waals surface area (Å²) in [4.78, 5) is 16.6. The molecule has 1 aromatic carbocycles. The summed E-state index contributed by atoms with van der Waals surface area (Å²) in [5.41, 5.74) is 4.23. The molecule has 5 rings (SSSR count). The number of nitrogens with one attached hydrogen (secondary N) is 1. The minimum absolute atomic E-state index is 0.278. The molecule has 0 bridgehead atoms. The van der Waals surface area contributed by atoms with Gasteiger partial charge in [0.05, 0.1) is 43.3 Å². The number of imidazole rings is 1. The van der Waals surface area contributed by atoms with Crippen molar-refractivity contribution in [1.29, 1.82) is 0 Å². The number of aromatic nitrogens is 4. The molecule has 0 radical (unpaired) electrons. The molecule has 1 atom stereocenters. The van der Waals surface area contributed by atoms with Crippen LogP contribution in [0.4, 0.5) is 17.5 Å². The Bertz CT molecular complexity index is 1060. The maximum atomic E-state index is 5.54. The van der Waals surface area contributed by atoms with Gasteiger partial charge in [0.25, 0.3) is 0 Å². The van der Waals surface area contributed by atoms with Crippen molar-refractivity contribution in [2.75, 3.05) is 17.3 Å². The van der Waals surface area contributed by atoms with Crippen LogP contribution >= 0.6 is 0 Å². The van der Waals surface area contributed by atoms with E-state index in [1.165, 1.54) is 31.4 Å². The highest BCUT2D eigenvalue weighted by molar-refractivity contribution is 5.68. The molecule has 156 valence electrons. The zero-order valence-corrected chi connectivity index (χ0v) is 17.8. The average molecular weight is 405 g/mol. The van der Waals surface area contributed by atoms with Gasteiger partial charge >= 0.3 is 0 Å². The van der Waals surface area contributed by atoms with Gasteiger partial charge in [0.2, 0.25) is 5.95 Å². The quantitative estimate of drug-likeness (QED) is 0.650. The Morgan fingerprint density at radius 2 is 2.03 bits per heavy atom. The fraction of sp³-hybridized carbons (Fsp3) is 0.435. The van der Waals surface area contributed by atoms with Crippen LogP contribution in [0.1, 0.15) is 56.3 Å². The highest BCUT2D eigenvalue weighted by atomic mass is 16.5. The normalized spacial score (nSPS) is 18.2. The third-order valence-corrected chi connectivity index (χ3v) is 6.31. The summed E-state index contributed by atoms with van der Waals surface area (Å²) in [5.74, 6) is 2.35. The summed E-state index contributed by atoms with van der Waals surface area (Å²) in [5, 5.41) is 3.36. The second-order valence-corrected chi connectivity index (χ2v) is 8.19. The van der Waals surface area contributed by atoms with E-state index in [1.54, 1.807) is 7.11 Å². The van der Waals surface area contributed by atoms with E-state index in [2.05, 4.69) is 44.7 Å². The summed E-state index contributed by atoms with van der Waals surface area (Å²) in [6.45, 7) is 4.29. The lowest BCUT2D eigenvalue weighted by atomic mass is 10.0. The molecule has 0 amide bonds. The summed E-state index contributed by atoms with van der Waals surface area (Å²) in [7, 11) is 1.68. The third kappa shape index (κ3) is 3.09. The molecule has 1 N–H and O–H groups in total. The van der Waals surface area contributed by atoms with Crippen LogP contribution in [0.25, 0.3) is 5.69 Å². The van der Waals surface area contributed by atoms with Crippen molar-refractivity contribution in [3.63, 3.8) is 0 Å². The standard InChI is InChI=1S/C23H28N6O/c1-4-18-19-12-24-14-28(19)20-13-25-23(26-17-10-9-15(2)11-21(17)30-3)27-22(20)29(18)16-7-5-6-8-16/h9-14,16,18H,4-8H2,1-3H3,(H,25,26,27). The Balaban J connectivity index is 1.58. The molecule has 0 spiro atoms. The number of anilines is 3. The zero-order valence-electron chi connectivity index (χ0n) is 17.8. The maximum absolute atomic E-state index is 5.54. The molecule has 30 heavy (non-hydrogen) atoms. The Hall–Kier alpha value is -3.09. The van der Waals surface area contributed by atoms with Gasteiger partial charge in [0.1, 0.15) is 11.4 Å². The first kappa shape index (κ1) is 18.9. The predicted molar refractivity (Wildman–Crippen MR) is 118 cm³/mol. The number of methoxy groups -OCH3 is 1. The molecule has 2 aliphatic rings. The smallest absolute Gasteiger partial charge is 0.229 e. The van der Waals surface area contributed by atoms with Gasteiger partial charge in [-0.25, -0.2) is 9.97 Å². The van der Waals surface area contributed by atoms with Gasteiger partial charge in [-0.1, -0.05) is 25.8 Å². The van der Waals surface area contributed by atoms with E-state index < -0.39 is 0 Å². The van der Waals surface area contributed by atoms with Crippen LogP contribution in [0, 0.1) is 6.92 Å². The highest BCUT2D eigenvalue weighted by Crippen LogP contribution is 2.43. The second-order valence-electron chi connectivity index (χ2n) is 8.19. The van der Waals surface area contributed by atoms with E-state index in [9.17, 15) is 0 Å². The average Bonchev–Trinajstić information content (AvgIpc) is 3.46. The number of fused-ring (bicyclic) bond motifs is 3. The Kier molecular flexibility index (Phi) is 4.81. The Morgan fingerprint density at radius 3 is 2.80 bits per heavy atom. The fourth-order valence-corrected chi connectivity index (χ4v) is 4.87. The van der Waals surface area contributed by atoms with Crippen LogP contribution in [0.15, 0.2) is 36.9 Å². The number of benzene rings is 1. The predicted octanol–water partition coefficient (Wildman–Crippen LogP) is 4.94. The molecule has 1 fully saturated rings. The first-order valence-electron chi connectivity index (χ1n) is 10.8. The van der Waals surface area contributed by atoms with Gasteiger partial charge in [0, 0.05) is 6.04 Å². The van der Waals surface area contributed by atoms with Crippen molar-refractivity contribution in [1.82, 2.24) is 19.5 Å². The molecular weight excluding hydrogens is 376 g/mol. The zero-order chi connectivity index (χ0) is 20.7. The van der Waals surface area contributed by atoms with Gasteiger partial charge in [-0.05, 0) is 43.9 Å². The number of aryl methyl sites for hydroxylation is 1. The first-order chi connectivity index (χ1) is 14.7.